The van der Waals surface area contributed by atoms with Gasteiger partial charge in [0.2, 0.25) is 5.88 Å². The van der Waals surface area contributed by atoms with Gasteiger partial charge in [-0.2, -0.15) is 5.10 Å². The van der Waals surface area contributed by atoms with Crippen LogP contribution in [-0.4, -0.2) is 67.4 Å². The Balaban J connectivity index is 1.35. The summed E-state index contributed by atoms with van der Waals surface area (Å²) in [7, 11) is 0. The first-order chi connectivity index (χ1) is 24.8. The molecule has 10 nitrogen and oxygen atoms in total. The Hall–Kier alpha value is -2.82. The predicted molar refractivity (Wildman–Crippen MR) is 205 cm³/mol. The molecule has 4 N–H and O–H groups in total. The van der Waals surface area contributed by atoms with Gasteiger partial charge in [0.25, 0.3) is 0 Å². The molecule has 0 amide bonds. The number of aliphatic carboxylic acids is 1. The van der Waals surface area contributed by atoms with Gasteiger partial charge in [-0.15, -0.1) is 0 Å². The fourth-order valence-electron chi connectivity index (χ4n) is 12.8. The van der Waals surface area contributed by atoms with Gasteiger partial charge in [-0.3, -0.25) is 4.79 Å². The number of allylic oxidation sites excluding steroid dienone is 1. The lowest BCUT2D eigenvalue weighted by Crippen LogP contribution is -2.69. The van der Waals surface area contributed by atoms with Gasteiger partial charge in [0.1, 0.15) is 6.33 Å². The van der Waals surface area contributed by atoms with Crippen molar-refractivity contribution in [1.82, 2.24) is 19.7 Å². The molecule has 3 heterocycles. The first-order valence-electron chi connectivity index (χ1n) is 20.2. The average Bonchev–Trinajstić information content (AvgIpc) is 3.57. The lowest BCUT2D eigenvalue weighted by Gasteiger charge is -2.71. The Morgan fingerprint density at radius 3 is 2.45 bits per heavy atom. The van der Waals surface area contributed by atoms with Crippen molar-refractivity contribution in [3.05, 3.63) is 36.3 Å². The number of pyridine rings is 1. The van der Waals surface area contributed by atoms with Gasteiger partial charge < -0.3 is 25.4 Å². The quantitative estimate of drug-likeness (QED) is 0.219. The van der Waals surface area contributed by atoms with Crippen LogP contribution in [0, 0.1) is 62.6 Å². The molecule has 2 bridgehead atoms. The number of nitrogens with two attached hydrogens (primary N) is 1. The third-order valence-corrected chi connectivity index (χ3v) is 16.9. The van der Waals surface area contributed by atoms with E-state index in [1.165, 1.54) is 5.57 Å². The molecule has 1 saturated heterocycles. The summed E-state index contributed by atoms with van der Waals surface area (Å²) in [4.78, 5) is 22.5. The predicted octanol–water partition coefficient (Wildman–Crippen LogP) is 7.93. The zero-order valence-electron chi connectivity index (χ0n) is 33.9. The van der Waals surface area contributed by atoms with E-state index in [2.05, 4.69) is 80.3 Å². The van der Waals surface area contributed by atoms with Crippen molar-refractivity contribution in [3.63, 3.8) is 0 Å². The van der Waals surface area contributed by atoms with Crippen LogP contribution < -0.4 is 5.73 Å². The highest BCUT2D eigenvalue weighted by atomic mass is 16.5. The number of ether oxygens (including phenoxy) is 2. The van der Waals surface area contributed by atoms with Crippen molar-refractivity contribution in [2.45, 2.75) is 125 Å². The molecule has 7 rings (SSSR count). The standard InChI is InChI=1S/C43H65N5O5/c1-25(2)27(5)38(6)17-18-40(8)29-12-13-32-39(7)21-52-23-43(32,30(29)15-16-41(40,9)34(38)37(50)51)19-31(35(39)53-22-42(10,44)26(3)4)48-36(46-24-47-48)28-11-14-33(49)45-20-28/h11,14-15,20,24-27,29,31-32,34-35H,12-13,16-19,21-23,44H2,1-10H3,(H,45,49)(H,50,51)/t27-,29+,31-,32+,34-,35+,38-,39-,40-,41+,42+,43+/m1/s1. The zero-order valence-corrected chi connectivity index (χ0v) is 33.9. The van der Waals surface area contributed by atoms with Gasteiger partial charge in [0, 0.05) is 34.2 Å². The number of aromatic hydroxyl groups is 1. The normalized spacial score (nSPS) is 41.2. The van der Waals surface area contributed by atoms with Crippen LogP contribution in [0.1, 0.15) is 114 Å². The van der Waals surface area contributed by atoms with E-state index in [0.29, 0.717) is 43.4 Å². The number of carboxylic acids is 1. The highest BCUT2D eigenvalue weighted by Gasteiger charge is 2.72. The van der Waals surface area contributed by atoms with E-state index in [-0.39, 0.29) is 51.5 Å². The Kier molecular flexibility index (Phi) is 9.34. The number of hydrogen-bond donors (Lipinski definition) is 3. The number of hydrogen-bond acceptors (Lipinski definition) is 8. The van der Waals surface area contributed by atoms with Gasteiger partial charge in [-0.05, 0) is 97.3 Å². The maximum atomic E-state index is 13.6. The number of nitrogens with zero attached hydrogens (tertiary/aromatic N) is 4. The summed E-state index contributed by atoms with van der Waals surface area (Å²) in [6, 6.07) is 3.24. The zero-order chi connectivity index (χ0) is 38.5. The molecule has 0 aromatic carbocycles. The molecule has 53 heavy (non-hydrogen) atoms. The fraction of sp³-hybridized carbons (Fsp3) is 0.767. The molecule has 4 fully saturated rings. The molecule has 0 unspecified atom stereocenters. The van der Waals surface area contributed by atoms with Gasteiger partial charge in [0.15, 0.2) is 5.82 Å². The van der Waals surface area contributed by atoms with E-state index in [4.69, 9.17) is 25.3 Å². The number of carboxylic acid groups (broad SMARTS) is 1. The fourth-order valence-corrected chi connectivity index (χ4v) is 12.8. The summed E-state index contributed by atoms with van der Waals surface area (Å²) in [5.41, 5.74) is 7.12. The van der Waals surface area contributed by atoms with Crippen molar-refractivity contribution >= 4 is 5.97 Å². The average molecular weight is 732 g/mol. The lowest BCUT2D eigenvalue weighted by molar-refractivity contribution is -0.252. The van der Waals surface area contributed by atoms with Crippen molar-refractivity contribution in [2.24, 2.45) is 68.3 Å². The summed E-state index contributed by atoms with van der Waals surface area (Å²) in [5, 5.41) is 26.0. The minimum absolute atomic E-state index is 0.0414. The summed E-state index contributed by atoms with van der Waals surface area (Å²) >= 11 is 0. The molecule has 10 heteroatoms. The Bertz CT molecular complexity index is 1740. The van der Waals surface area contributed by atoms with E-state index in [1.54, 1.807) is 18.6 Å². The third kappa shape index (κ3) is 5.49. The van der Waals surface area contributed by atoms with Crippen molar-refractivity contribution in [1.29, 1.82) is 0 Å². The highest BCUT2D eigenvalue weighted by molar-refractivity contribution is 5.73. The maximum absolute atomic E-state index is 13.6. The van der Waals surface area contributed by atoms with Crippen LogP contribution in [0.4, 0.5) is 0 Å². The Morgan fingerprint density at radius 2 is 1.81 bits per heavy atom. The molecular weight excluding hydrogens is 667 g/mol. The molecule has 0 radical (unpaired) electrons. The summed E-state index contributed by atoms with van der Waals surface area (Å²) in [6.07, 6.45) is 11.0. The van der Waals surface area contributed by atoms with Crippen LogP contribution in [0.3, 0.4) is 0 Å². The van der Waals surface area contributed by atoms with E-state index in [9.17, 15) is 15.0 Å². The van der Waals surface area contributed by atoms with Gasteiger partial charge in [-0.1, -0.05) is 74.0 Å². The van der Waals surface area contributed by atoms with E-state index in [1.807, 2.05) is 10.7 Å². The molecule has 0 spiro atoms. The largest absolute Gasteiger partial charge is 0.493 e. The molecule has 3 saturated carbocycles. The van der Waals surface area contributed by atoms with Gasteiger partial charge in [-0.25, -0.2) is 14.6 Å². The first kappa shape index (κ1) is 38.5. The Labute approximate surface area is 316 Å². The lowest BCUT2D eigenvalue weighted by atomic mass is 9.34. The van der Waals surface area contributed by atoms with Gasteiger partial charge in [0.05, 0.1) is 37.9 Å². The molecule has 12 atom stereocenters. The molecular formula is C43H65N5O5. The van der Waals surface area contributed by atoms with Crippen molar-refractivity contribution in [3.8, 4) is 17.3 Å². The van der Waals surface area contributed by atoms with Crippen LogP contribution in [0.15, 0.2) is 36.3 Å². The smallest absolute Gasteiger partial charge is 0.307 e. The first-order valence-corrected chi connectivity index (χ1v) is 20.2. The maximum Gasteiger partial charge on any atom is 0.307 e. The summed E-state index contributed by atoms with van der Waals surface area (Å²) in [5.74, 6) is 1.06. The molecule has 5 aliphatic rings. The molecule has 292 valence electrons. The van der Waals surface area contributed by atoms with Crippen LogP contribution in [0.2, 0.25) is 0 Å². The highest BCUT2D eigenvalue weighted by Crippen LogP contribution is 2.75. The van der Waals surface area contributed by atoms with Gasteiger partial charge >= 0.3 is 5.97 Å². The van der Waals surface area contributed by atoms with Crippen LogP contribution >= 0.6 is 0 Å². The minimum atomic E-state index is -0.640. The minimum Gasteiger partial charge on any atom is -0.493 e. The molecule has 2 aromatic rings. The number of aromatic nitrogens is 4. The van der Waals surface area contributed by atoms with E-state index < -0.39 is 22.8 Å². The summed E-state index contributed by atoms with van der Waals surface area (Å²) in [6.45, 7) is 24.1. The number of rotatable bonds is 9. The molecule has 2 aromatic heterocycles. The second-order valence-corrected chi connectivity index (χ2v) is 19.9. The van der Waals surface area contributed by atoms with Crippen LogP contribution in [0.5, 0.6) is 5.88 Å². The SMILES string of the molecule is CC(C)[C@@H](C)[C@@]1(C)CC[C@]2(C)[C@H]3CC[C@@H]4[C@@]5(COC[C@@]4(C)[C@@H](OC[C@](C)(N)C(C)C)[C@H](n4ncnc4-c4ccc(O)nc4)C5)C3=CC[C@@]2(C)[C@@H]1C(=O)O. The molecule has 4 aliphatic carbocycles. The van der Waals surface area contributed by atoms with E-state index in [0.717, 1.165) is 44.1 Å². The van der Waals surface area contributed by atoms with Crippen LogP contribution in [-0.2, 0) is 14.3 Å². The number of fused-ring (bicyclic) bond motifs is 3. The van der Waals surface area contributed by atoms with E-state index >= 15 is 0 Å². The topological polar surface area (TPSA) is 146 Å². The summed E-state index contributed by atoms with van der Waals surface area (Å²) < 4.78 is 15.9. The molecule has 1 aliphatic heterocycles. The van der Waals surface area contributed by atoms with Crippen molar-refractivity contribution in [2.75, 3.05) is 19.8 Å². The second-order valence-electron chi connectivity index (χ2n) is 19.9. The van der Waals surface area contributed by atoms with Crippen LogP contribution in [0.25, 0.3) is 11.4 Å². The van der Waals surface area contributed by atoms with Crippen molar-refractivity contribution < 1.29 is 24.5 Å². The second kappa shape index (κ2) is 12.9. The number of carbonyl (C=O) groups is 1. The third-order valence-electron chi connectivity index (χ3n) is 16.9. The Morgan fingerprint density at radius 1 is 1.08 bits per heavy atom. The monoisotopic (exact) mass is 731 g/mol.